The van der Waals surface area contributed by atoms with Gasteiger partial charge in [0.25, 0.3) is 0 Å². The second-order valence-electron chi connectivity index (χ2n) is 6.71. The highest BCUT2D eigenvalue weighted by Gasteiger charge is 2.24. The van der Waals surface area contributed by atoms with E-state index in [1.54, 1.807) is 7.11 Å². The molecule has 4 nitrogen and oxygen atoms in total. The van der Waals surface area contributed by atoms with Gasteiger partial charge in [0.1, 0.15) is 0 Å². The van der Waals surface area contributed by atoms with E-state index in [-0.39, 0.29) is 0 Å². The van der Waals surface area contributed by atoms with Gasteiger partial charge < -0.3 is 19.3 Å². The highest BCUT2D eigenvalue weighted by Crippen LogP contribution is 2.22. The van der Waals surface area contributed by atoms with Crippen molar-refractivity contribution in [2.24, 2.45) is 11.8 Å². The number of hydrogen-bond donors (Lipinski definition) is 0. The average molecular weight is 298 g/mol. The molecule has 0 N–H and O–H groups in total. The van der Waals surface area contributed by atoms with Crippen molar-refractivity contribution in [2.75, 3.05) is 66.2 Å². The van der Waals surface area contributed by atoms with Crippen LogP contribution in [-0.4, -0.2) is 76.0 Å². The maximum atomic E-state index is 5.68. The molecule has 0 radical (unpaired) electrons. The molecular formula is C17H34N2O2. The van der Waals surface area contributed by atoms with Crippen LogP contribution in [0.3, 0.4) is 0 Å². The molecule has 124 valence electrons. The first kappa shape index (κ1) is 17.2. The van der Waals surface area contributed by atoms with Gasteiger partial charge >= 0.3 is 0 Å². The molecule has 0 bridgehead atoms. The summed E-state index contributed by atoms with van der Waals surface area (Å²) >= 11 is 0. The number of likely N-dealkylation sites (tertiary alicyclic amines) is 2. The summed E-state index contributed by atoms with van der Waals surface area (Å²) < 4.78 is 10.7. The van der Waals surface area contributed by atoms with Crippen LogP contribution in [0.25, 0.3) is 0 Å². The van der Waals surface area contributed by atoms with Gasteiger partial charge in [0.2, 0.25) is 0 Å². The smallest absolute Gasteiger partial charge is 0.0700 e. The Morgan fingerprint density at radius 2 is 1.76 bits per heavy atom. The van der Waals surface area contributed by atoms with Crippen LogP contribution in [0.4, 0.5) is 0 Å². The Hall–Kier alpha value is -0.160. The van der Waals surface area contributed by atoms with Gasteiger partial charge in [-0.05, 0) is 63.7 Å². The minimum atomic E-state index is 0.717. The average Bonchev–Trinajstić information content (AvgIpc) is 2.53. The lowest BCUT2D eigenvalue weighted by molar-refractivity contribution is 0.0309. The first-order valence-corrected chi connectivity index (χ1v) is 8.83. The van der Waals surface area contributed by atoms with Crippen LogP contribution in [0.5, 0.6) is 0 Å². The minimum absolute atomic E-state index is 0.717. The molecule has 0 saturated carbocycles. The van der Waals surface area contributed by atoms with Gasteiger partial charge in [0, 0.05) is 26.8 Å². The second kappa shape index (κ2) is 9.78. The van der Waals surface area contributed by atoms with E-state index >= 15 is 0 Å². The van der Waals surface area contributed by atoms with Crippen molar-refractivity contribution in [3.63, 3.8) is 0 Å². The van der Waals surface area contributed by atoms with Crippen LogP contribution in [0.1, 0.15) is 32.6 Å². The zero-order valence-electron chi connectivity index (χ0n) is 14.1. The summed E-state index contributed by atoms with van der Waals surface area (Å²) in [6, 6.07) is 0. The third-order valence-corrected chi connectivity index (χ3v) is 5.06. The van der Waals surface area contributed by atoms with Crippen molar-refractivity contribution in [3.8, 4) is 0 Å². The monoisotopic (exact) mass is 298 g/mol. The van der Waals surface area contributed by atoms with Crippen LogP contribution in [0.15, 0.2) is 0 Å². The molecule has 0 aromatic heterocycles. The van der Waals surface area contributed by atoms with E-state index in [2.05, 4.69) is 16.7 Å². The molecule has 4 heteroatoms. The second-order valence-corrected chi connectivity index (χ2v) is 6.71. The predicted octanol–water partition coefficient (Wildman–Crippen LogP) is 2.09. The van der Waals surface area contributed by atoms with Gasteiger partial charge in [-0.2, -0.15) is 0 Å². The molecule has 21 heavy (non-hydrogen) atoms. The van der Waals surface area contributed by atoms with E-state index in [0.29, 0.717) is 6.61 Å². The standard InChI is InChI=1S/C17H34N2O2/c1-3-18-8-4-5-17(13-18)14-19-9-6-16(7-10-19)15-21-12-11-20-2/h16-17H,3-15H2,1-2H3. The van der Waals surface area contributed by atoms with Crippen LogP contribution >= 0.6 is 0 Å². The summed E-state index contributed by atoms with van der Waals surface area (Å²) in [6.07, 6.45) is 5.42. The zero-order chi connectivity index (χ0) is 14.9. The molecule has 2 rings (SSSR count). The van der Waals surface area contributed by atoms with Crippen molar-refractivity contribution >= 4 is 0 Å². The summed E-state index contributed by atoms with van der Waals surface area (Å²) in [7, 11) is 1.73. The van der Waals surface area contributed by atoms with Crippen molar-refractivity contribution in [1.82, 2.24) is 9.80 Å². The van der Waals surface area contributed by atoms with E-state index < -0.39 is 0 Å². The van der Waals surface area contributed by atoms with Crippen LogP contribution < -0.4 is 0 Å². The third kappa shape index (κ3) is 6.23. The highest BCUT2D eigenvalue weighted by molar-refractivity contribution is 4.78. The summed E-state index contributed by atoms with van der Waals surface area (Å²) in [5.41, 5.74) is 0. The van der Waals surface area contributed by atoms with E-state index in [0.717, 1.165) is 25.0 Å². The summed E-state index contributed by atoms with van der Waals surface area (Å²) in [5.74, 6) is 1.66. The topological polar surface area (TPSA) is 24.9 Å². The van der Waals surface area contributed by atoms with E-state index in [4.69, 9.17) is 9.47 Å². The van der Waals surface area contributed by atoms with Gasteiger partial charge in [0.05, 0.1) is 13.2 Å². The normalized spacial score (nSPS) is 26.3. The Morgan fingerprint density at radius 3 is 2.48 bits per heavy atom. The number of piperidine rings is 2. The fourth-order valence-corrected chi connectivity index (χ4v) is 3.68. The number of hydrogen-bond acceptors (Lipinski definition) is 4. The molecule has 2 fully saturated rings. The lowest BCUT2D eigenvalue weighted by atomic mass is 9.94. The Morgan fingerprint density at radius 1 is 0.952 bits per heavy atom. The van der Waals surface area contributed by atoms with Crippen LogP contribution in [0, 0.1) is 11.8 Å². The first-order valence-electron chi connectivity index (χ1n) is 8.83. The van der Waals surface area contributed by atoms with Gasteiger partial charge in [-0.3, -0.25) is 0 Å². The molecule has 0 spiro atoms. The molecule has 0 amide bonds. The van der Waals surface area contributed by atoms with Crippen molar-refractivity contribution in [1.29, 1.82) is 0 Å². The van der Waals surface area contributed by atoms with Gasteiger partial charge in [-0.25, -0.2) is 0 Å². The largest absolute Gasteiger partial charge is 0.382 e. The molecular weight excluding hydrogens is 264 g/mol. The molecule has 0 aromatic rings. The Bertz CT molecular complexity index is 268. The minimum Gasteiger partial charge on any atom is -0.382 e. The molecule has 2 aliphatic rings. The quantitative estimate of drug-likeness (QED) is 0.641. The van der Waals surface area contributed by atoms with Crippen LogP contribution in [-0.2, 0) is 9.47 Å². The van der Waals surface area contributed by atoms with Gasteiger partial charge in [-0.1, -0.05) is 6.92 Å². The number of ether oxygens (including phenoxy) is 2. The van der Waals surface area contributed by atoms with Gasteiger partial charge in [0.15, 0.2) is 0 Å². The molecule has 1 unspecified atom stereocenters. The SMILES string of the molecule is CCN1CCCC(CN2CCC(COCCOC)CC2)C1. The Balaban J connectivity index is 1.58. The number of methoxy groups -OCH3 is 1. The first-order chi connectivity index (χ1) is 10.3. The van der Waals surface area contributed by atoms with Gasteiger partial charge in [-0.15, -0.1) is 0 Å². The summed E-state index contributed by atoms with van der Waals surface area (Å²) in [5, 5.41) is 0. The molecule has 0 aromatic carbocycles. The maximum absolute atomic E-state index is 5.68. The summed E-state index contributed by atoms with van der Waals surface area (Å²) in [6.45, 7) is 12.4. The fourth-order valence-electron chi connectivity index (χ4n) is 3.68. The maximum Gasteiger partial charge on any atom is 0.0700 e. The molecule has 1 atom stereocenters. The molecule has 0 aliphatic carbocycles. The Labute approximate surface area is 130 Å². The summed E-state index contributed by atoms with van der Waals surface area (Å²) in [4.78, 5) is 5.31. The van der Waals surface area contributed by atoms with Crippen molar-refractivity contribution < 1.29 is 9.47 Å². The highest BCUT2D eigenvalue weighted by atomic mass is 16.5. The number of rotatable bonds is 8. The fraction of sp³-hybridized carbons (Fsp3) is 1.00. The van der Waals surface area contributed by atoms with E-state index in [1.165, 1.54) is 65.0 Å². The van der Waals surface area contributed by atoms with E-state index in [9.17, 15) is 0 Å². The predicted molar refractivity (Wildman–Crippen MR) is 86.7 cm³/mol. The van der Waals surface area contributed by atoms with E-state index in [1.807, 2.05) is 0 Å². The Kier molecular flexibility index (Phi) is 8.01. The van der Waals surface area contributed by atoms with Crippen molar-refractivity contribution in [3.05, 3.63) is 0 Å². The molecule has 2 saturated heterocycles. The number of nitrogens with zero attached hydrogens (tertiary/aromatic N) is 2. The molecule has 2 heterocycles. The third-order valence-electron chi connectivity index (χ3n) is 5.06. The molecule has 2 aliphatic heterocycles. The van der Waals surface area contributed by atoms with Crippen molar-refractivity contribution in [2.45, 2.75) is 32.6 Å². The lowest BCUT2D eigenvalue weighted by Gasteiger charge is -2.38. The van der Waals surface area contributed by atoms with Crippen LogP contribution in [0.2, 0.25) is 0 Å². The lowest BCUT2D eigenvalue weighted by Crippen LogP contribution is -2.43. The zero-order valence-corrected chi connectivity index (χ0v) is 14.1.